The lowest BCUT2D eigenvalue weighted by Gasteiger charge is -2.06. The topological polar surface area (TPSA) is 25.8 Å². The maximum Gasteiger partial charge on any atom is 0.155 e. The van der Waals surface area contributed by atoms with Gasteiger partial charge in [-0.25, -0.2) is 4.98 Å². The monoisotopic (exact) mass is 238 g/mol. The van der Waals surface area contributed by atoms with Gasteiger partial charge in [0.1, 0.15) is 5.69 Å². The van der Waals surface area contributed by atoms with Crippen molar-refractivity contribution in [3.8, 4) is 11.3 Å². The summed E-state index contributed by atoms with van der Waals surface area (Å²) in [7, 11) is 0. The van der Waals surface area contributed by atoms with Gasteiger partial charge in [-0.3, -0.25) is 4.98 Å². The van der Waals surface area contributed by atoms with Gasteiger partial charge in [-0.1, -0.05) is 29.3 Å². The minimum Gasteiger partial charge on any atom is -0.251 e. The lowest BCUT2D eigenvalue weighted by molar-refractivity contribution is 1.20. The number of nitrogens with zero attached hydrogens (tertiary/aromatic N) is 2. The first-order chi connectivity index (χ1) is 7.18. The molecule has 0 unspecified atom stereocenters. The maximum atomic E-state index is 5.96. The third kappa shape index (κ3) is 2.11. The Morgan fingerprint density at radius 1 is 1.07 bits per heavy atom. The van der Waals surface area contributed by atoms with Crippen molar-refractivity contribution in [3.05, 3.63) is 46.3 Å². The van der Waals surface area contributed by atoms with E-state index in [1.807, 2.05) is 25.1 Å². The molecule has 2 nitrogen and oxygen atoms in total. The largest absolute Gasteiger partial charge is 0.251 e. The van der Waals surface area contributed by atoms with E-state index in [2.05, 4.69) is 9.97 Å². The molecule has 4 heteroatoms. The smallest absolute Gasteiger partial charge is 0.155 e. The number of hydrogen-bond donors (Lipinski definition) is 0. The summed E-state index contributed by atoms with van der Waals surface area (Å²) in [6, 6.07) is 5.59. The van der Waals surface area contributed by atoms with Gasteiger partial charge in [-0.15, -0.1) is 0 Å². The van der Waals surface area contributed by atoms with Gasteiger partial charge in [0.15, 0.2) is 5.15 Å². The van der Waals surface area contributed by atoms with E-state index in [-0.39, 0.29) is 0 Å². The number of aromatic nitrogens is 2. The van der Waals surface area contributed by atoms with Crippen LogP contribution in [0.4, 0.5) is 0 Å². The molecule has 0 amide bonds. The predicted molar refractivity (Wildman–Crippen MR) is 62.2 cm³/mol. The molecule has 0 fully saturated rings. The van der Waals surface area contributed by atoms with Gasteiger partial charge in [-0.05, 0) is 24.6 Å². The molecular formula is C11H8Cl2N2. The standard InChI is InChI=1S/C11H8Cl2N2/c1-7-6-8(12)2-3-9(7)10-11(13)15-5-4-14-10/h2-6H,1H3. The summed E-state index contributed by atoms with van der Waals surface area (Å²) in [5.74, 6) is 0. The molecule has 1 aromatic heterocycles. The summed E-state index contributed by atoms with van der Waals surface area (Å²) in [5.41, 5.74) is 2.68. The third-order valence-electron chi connectivity index (χ3n) is 2.10. The normalized spacial score (nSPS) is 10.3. The number of halogens is 2. The highest BCUT2D eigenvalue weighted by molar-refractivity contribution is 6.32. The lowest BCUT2D eigenvalue weighted by Crippen LogP contribution is -1.89. The van der Waals surface area contributed by atoms with Crippen LogP contribution in [0.5, 0.6) is 0 Å². The van der Waals surface area contributed by atoms with E-state index >= 15 is 0 Å². The Labute approximate surface area is 97.9 Å². The van der Waals surface area contributed by atoms with Gasteiger partial charge >= 0.3 is 0 Å². The zero-order chi connectivity index (χ0) is 10.8. The molecule has 0 bridgehead atoms. The molecule has 15 heavy (non-hydrogen) atoms. The van der Waals surface area contributed by atoms with E-state index in [4.69, 9.17) is 23.2 Å². The second-order valence-electron chi connectivity index (χ2n) is 3.16. The van der Waals surface area contributed by atoms with Crippen molar-refractivity contribution < 1.29 is 0 Å². The highest BCUT2D eigenvalue weighted by atomic mass is 35.5. The summed E-state index contributed by atoms with van der Waals surface area (Å²) in [6.45, 7) is 1.96. The molecule has 2 rings (SSSR count). The zero-order valence-electron chi connectivity index (χ0n) is 8.04. The second-order valence-corrected chi connectivity index (χ2v) is 3.95. The van der Waals surface area contributed by atoms with E-state index in [1.54, 1.807) is 12.4 Å². The number of rotatable bonds is 1. The average Bonchev–Trinajstić information content (AvgIpc) is 2.20. The van der Waals surface area contributed by atoms with E-state index in [1.165, 1.54) is 0 Å². The van der Waals surface area contributed by atoms with Crippen LogP contribution in [0.1, 0.15) is 5.56 Å². The molecule has 0 spiro atoms. The van der Waals surface area contributed by atoms with Gasteiger partial charge in [-0.2, -0.15) is 0 Å². The molecule has 1 heterocycles. The quantitative estimate of drug-likeness (QED) is 0.757. The first kappa shape index (κ1) is 10.4. The van der Waals surface area contributed by atoms with Crippen LogP contribution in [0.15, 0.2) is 30.6 Å². The van der Waals surface area contributed by atoms with Crippen LogP contribution < -0.4 is 0 Å². The Balaban J connectivity index is 2.60. The molecule has 0 aliphatic heterocycles. The molecular weight excluding hydrogens is 231 g/mol. The van der Waals surface area contributed by atoms with Crippen molar-refractivity contribution in [2.45, 2.75) is 6.92 Å². The van der Waals surface area contributed by atoms with Gasteiger partial charge in [0.2, 0.25) is 0 Å². The first-order valence-electron chi connectivity index (χ1n) is 4.41. The number of benzene rings is 1. The van der Waals surface area contributed by atoms with Crippen LogP contribution in [0.25, 0.3) is 11.3 Å². The minimum atomic E-state index is 0.405. The molecule has 0 saturated heterocycles. The van der Waals surface area contributed by atoms with Crippen LogP contribution in [0, 0.1) is 6.92 Å². The molecule has 1 aromatic carbocycles. The van der Waals surface area contributed by atoms with Crippen molar-refractivity contribution >= 4 is 23.2 Å². The van der Waals surface area contributed by atoms with Crippen molar-refractivity contribution in [1.82, 2.24) is 9.97 Å². The summed E-state index contributed by atoms with van der Waals surface area (Å²) in [4.78, 5) is 8.19. The third-order valence-corrected chi connectivity index (χ3v) is 2.61. The van der Waals surface area contributed by atoms with Crippen LogP contribution in [0.3, 0.4) is 0 Å². The second kappa shape index (κ2) is 4.17. The average molecular weight is 239 g/mol. The van der Waals surface area contributed by atoms with Gasteiger partial charge in [0.05, 0.1) is 0 Å². The fourth-order valence-corrected chi connectivity index (χ4v) is 1.83. The first-order valence-corrected chi connectivity index (χ1v) is 5.17. The van der Waals surface area contributed by atoms with E-state index < -0.39 is 0 Å². The molecule has 0 radical (unpaired) electrons. The van der Waals surface area contributed by atoms with Crippen molar-refractivity contribution in [2.75, 3.05) is 0 Å². The Kier molecular flexibility index (Phi) is 2.89. The van der Waals surface area contributed by atoms with E-state index in [0.29, 0.717) is 15.9 Å². The molecule has 0 atom stereocenters. The van der Waals surface area contributed by atoms with Crippen LogP contribution >= 0.6 is 23.2 Å². The van der Waals surface area contributed by atoms with E-state index in [9.17, 15) is 0 Å². The van der Waals surface area contributed by atoms with Crippen LogP contribution in [-0.2, 0) is 0 Å². The highest BCUT2D eigenvalue weighted by Gasteiger charge is 2.08. The molecule has 0 aliphatic rings. The summed E-state index contributed by atoms with van der Waals surface area (Å²) in [6.07, 6.45) is 3.19. The molecule has 0 saturated carbocycles. The summed E-state index contributed by atoms with van der Waals surface area (Å²) in [5, 5.41) is 1.11. The highest BCUT2D eigenvalue weighted by Crippen LogP contribution is 2.28. The van der Waals surface area contributed by atoms with Crippen molar-refractivity contribution in [2.24, 2.45) is 0 Å². The Morgan fingerprint density at radius 3 is 2.47 bits per heavy atom. The SMILES string of the molecule is Cc1cc(Cl)ccc1-c1nccnc1Cl. The Hall–Kier alpha value is -1.12. The van der Waals surface area contributed by atoms with Crippen molar-refractivity contribution in [1.29, 1.82) is 0 Å². The molecule has 76 valence electrons. The Bertz CT molecular complexity index is 498. The maximum absolute atomic E-state index is 5.96. The molecule has 2 aromatic rings. The van der Waals surface area contributed by atoms with E-state index in [0.717, 1.165) is 11.1 Å². The molecule has 0 N–H and O–H groups in total. The summed E-state index contributed by atoms with van der Waals surface area (Å²) < 4.78 is 0. The Morgan fingerprint density at radius 2 is 1.80 bits per heavy atom. The van der Waals surface area contributed by atoms with Gasteiger partial charge in [0, 0.05) is 23.0 Å². The van der Waals surface area contributed by atoms with Gasteiger partial charge < -0.3 is 0 Å². The number of hydrogen-bond acceptors (Lipinski definition) is 2. The molecule has 0 aliphatic carbocycles. The minimum absolute atomic E-state index is 0.405. The predicted octanol–water partition coefficient (Wildman–Crippen LogP) is 3.76. The van der Waals surface area contributed by atoms with Crippen LogP contribution in [0.2, 0.25) is 10.2 Å². The fourth-order valence-electron chi connectivity index (χ4n) is 1.39. The summed E-state index contributed by atoms with van der Waals surface area (Å²) >= 11 is 11.8. The van der Waals surface area contributed by atoms with Gasteiger partial charge in [0.25, 0.3) is 0 Å². The van der Waals surface area contributed by atoms with Crippen molar-refractivity contribution in [3.63, 3.8) is 0 Å². The number of aryl methyl sites for hydroxylation is 1. The zero-order valence-corrected chi connectivity index (χ0v) is 9.55. The fraction of sp³-hybridized carbons (Fsp3) is 0.0909. The van der Waals surface area contributed by atoms with Crippen LogP contribution in [-0.4, -0.2) is 9.97 Å². The lowest BCUT2D eigenvalue weighted by atomic mass is 10.1.